The standard InChI is InChI=1S/C12H27N3O2S/c1-3-13-7-10-18(16,17)14-11-12(2)15-8-5-4-6-9-15/h12-14H,3-11H2,1-2H3. The summed E-state index contributed by atoms with van der Waals surface area (Å²) in [5.41, 5.74) is 0. The SMILES string of the molecule is CCNCCS(=O)(=O)NCC(C)N1CCCCC1. The van der Waals surface area contributed by atoms with Crippen molar-refractivity contribution in [1.29, 1.82) is 0 Å². The van der Waals surface area contributed by atoms with Gasteiger partial charge in [-0.05, 0) is 39.4 Å². The van der Waals surface area contributed by atoms with E-state index in [1.165, 1.54) is 19.3 Å². The molecule has 18 heavy (non-hydrogen) atoms. The van der Waals surface area contributed by atoms with Gasteiger partial charge in [0, 0.05) is 19.1 Å². The molecule has 0 aromatic heterocycles. The maximum Gasteiger partial charge on any atom is 0.212 e. The van der Waals surface area contributed by atoms with Crippen LogP contribution in [0.2, 0.25) is 0 Å². The van der Waals surface area contributed by atoms with E-state index in [0.717, 1.165) is 19.6 Å². The highest BCUT2D eigenvalue weighted by Crippen LogP contribution is 2.11. The lowest BCUT2D eigenvalue weighted by molar-refractivity contribution is 0.175. The van der Waals surface area contributed by atoms with Gasteiger partial charge in [0.25, 0.3) is 0 Å². The molecule has 0 amide bonds. The molecule has 1 unspecified atom stereocenters. The maximum absolute atomic E-state index is 11.7. The minimum atomic E-state index is -3.13. The topological polar surface area (TPSA) is 61.4 Å². The Balaban J connectivity index is 2.25. The minimum Gasteiger partial charge on any atom is -0.316 e. The van der Waals surface area contributed by atoms with E-state index >= 15 is 0 Å². The van der Waals surface area contributed by atoms with Crippen molar-refractivity contribution >= 4 is 10.0 Å². The number of nitrogens with zero attached hydrogens (tertiary/aromatic N) is 1. The van der Waals surface area contributed by atoms with Gasteiger partial charge >= 0.3 is 0 Å². The van der Waals surface area contributed by atoms with Crippen LogP contribution in [0.4, 0.5) is 0 Å². The second-order valence-electron chi connectivity index (χ2n) is 4.97. The van der Waals surface area contributed by atoms with Gasteiger partial charge in [-0.15, -0.1) is 0 Å². The van der Waals surface area contributed by atoms with Gasteiger partial charge in [-0.25, -0.2) is 13.1 Å². The van der Waals surface area contributed by atoms with E-state index in [0.29, 0.717) is 19.1 Å². The molecule has 1 heterocycles. The van der Waals surface area contributed by atoms with Crippen molar-refractivity contribution in [1.82, 2.24) is 14.9 Å². The lowest BCUT2D eigenvalue weighted by Crippen LogP contribution is -2.45. The molecular weight excluding hydrogens is 250 g/mol. The Morgan fingerprint density at radius 3 is 2.50 bits per heavy atom. The van der Waals surface area contributed by atoms with Crippen LogP contribution in [0.15, 0.2) is 0 Å². The highest BCUT2D eigenvalue weighted by atomic mass is 32.2. The van der Waals surface area contributed by atoms with E-state index < -0.39 is 10.0 Å². The zero-order valence-electron chi connectivity index (χ0n) is 11.6. The molecule has 0 radical (unpaired) electrons. The lowest BCUT2D eigenvalue weighted by Gasteiger charge is -2.32. The van der Waals surface area contributed by atoms with Crippen LogP contribution in [0.3, 0.4) is 0 Å². The van der Waals surface area contributed by atoms with E-state index in [9.17, 15) is 8.42 Å². The largest absolute Gasteiger partial charge is 0.316 e. The van der Waals surface area contributed by atoms with Crippen LogP contribution in [-0.4, -0.2) is 57.8 Å². The molecule has 1 atom stereocenters. The third kappa shape index (κ3) is 6.13. The van der Waals surface area contributed by atoms with E-state index in [1.807, 2.05) is 6.92 Å². The van der Waals surface area contributed by atoms with Crippen molar-refractivity contribution in [3.63, 3.8) is 0 Å². The van der Waals surface area contributed by atoms with Gasteiger partial charge in [0.1, 0.15) is 0 Å². The summed E-state index contributed by atoms with van der Waals surface area (Å²) in [5.74, 6) is 0.160. The fourth-order valence-corrected chi connectivity index (χ4v) is 3.24. The smallest absolute Gasteiger partial charge is 0.212 e. The van der Waals surface area contributed by atoms with E-state index in [1.54, 1.807) is 0 Å². The predicted octanol–water partition coefficient (Wildman–Crippen LogP) is 0.390. The first-order valence-corrected chi connectivity index (χ1v) is 8.62. The highest BCUT2D eigenvalue weighted by molar-refractivity contribution is 7.89. The molecule has 0 saturated carbocycles. The molecule has 0 aromatic carbocycles. The Kier molecular flexibility index (Phi) is 7.14. The number of sulfonamides is 1. The Morgan fingerprint density at radius 2 is 1.89 bits per heavy atom. The summed E-state index contributed by atoms with van der Waals surface area (Å²) < 4.78 is 26.2. The summed E-state index contributed by atoms with van der Waals surface area (Å²) in [7, 11) is -3.13. The van der Waals surface area contributed by atoms with Crippen LogP contribution in [-0.2, 0) is 10.0 Å². The predicted molar refractivity (Wildman–Crippen MR) is 75.2 cm³/mol. The summed E-state index contributed by atoms with van der Waals surface area (Å²) in [5, 5.41) is 3.03. The van der Waals surface area contributed by atoms with E-state index in [-0.39, 0.29) is 5.75 Å². The van der Waals surface area contributed by atoms with Gasteiger partial charge in [0.05, 0.1) is 5.75 Å². The number of hydrogen-bond acceptors (Lipinski definition) is 4. The van der Waals surface area contributed by atoms with Crippen molar-refractivity contribution in [2.45, 2.75) is 39.2 Å². The third-order valence-electron chi connectivity index (χ3n) is 3.41. The maximum atomic E-state index is 11.7. The van der Waals surface area contributed by atoms with Crippen LogP contribution < -0.4 is 10.0 Å². The molecule has 0 aromatic rings. The average molecular weight is 277 g/mol. The third-order valence-corrected chi connectivity index (χ3v) is 4.76. The average Bonchev–Trinajstić information content (AvgIpc) is 2.37. The number of rotatable bonds is 8. The van der Waals surface area contributed by atoms with Crippen LogP contribution in [0, 0.1) is 0 Å². The van der Waals surface area contributed by atoms with Crippen molar-refractivity contribution in [3.05, 3.63) is 0 Å². The first-order valence-electron chi connectivity index (χ1n) is 6.97. The van der Waals surface area contributed by atoms with Crippen LogP contribution >= 0.6 is 0 Å². The number of piperidine rings is 1. The Hall–Kier alpha value is -0.170. The van der Waals surface area contributed by atoms with Crippen molar-refractivity contribution in [2.75, 3.05) is 38.5 Å². The zero-order valence-corrected chi connectivity index (χ0v) is 12.4. The summed E-state index contributed by atoms with van der Waals surface area (Å²) >= 11 is 0. The molecule has 5 nitrogen and oxygen atoms in total. The molecule has 1 rings (SSSR count). The molecule has 108 valence electrons. The molecule has 1 aliphatic heterocycles. The van der Waals surface area contributed by atoms with Gasteiger partial charge in [-0.3, -0.25) is 4.90 Å². The lowest BCUT2D eigenvalue weighted by atomic mass is 10.1. The van der Waals surface area contributed by atoms with Gasteiger partial charge in [0.15, 0.2) is 0 Å². The summed E-state index contributed by atoms with van der Waals surface area (Å²) in [6, 6.07) is 0.291. The Bertz CT molecular complexity index is 313. The monoisotopic (exact) mass is 277 g/mol. The van der Waals surface area contributed by atoms with Crippen LogP contribution in [0.5, 0.6) is 0 Å². The van der Waals surface area contributed by atoms with Crippen molar-refractivity contribution in [2.24, 2.45) is 0 Å². The Morgan fingerprint density at radius 1 is 1.22 bits per heavy atom. The van der Waals surface area contributed by atoms with Gasteiger partial charge in [-0.2, -0.15) is 0 Å². The summed E-state index contributed by atoms with van der Waals surface area (Å²) in [6.07, 6.45) is 3.77. The highest BCUT2D eigenvalue weighted by Gasteiger charge is 2.18. The molecule has 6 heteroatoms. The molecule has 0 bridgehead atoms. The van der Waals surface area contributed by atoms with Crippen LogP contribution in [0.25, 0.3) is 0 Å². The molecular formula is C12H27N3O2S. The number of nitrogens with one attached hydrogen (secondary N) is 2. The molecule has 0 aliphatic carbocycles. The molecule has 2 N–H and O–H groups in total. The van der Waals surface area contributed by atoms with Crippen molar-refractivity contribution < 1.29 is 8.42 Å². The molecule has 1 saturated heterocycles. The fraction of sp³-hybridized carbons (Fsp3) is 1.00. The van der Waals surface area contributed by atoms with E-state index in [2.05, 4.69) is 21.9 Å². The first-order chi connectivity index (χ1) is 8.55. The summed E-state index contributed by atoms with van der Waals surface area (Å²) in [6.45, 7) is 8.11. The zero-order chi connectivity index (χ0) is 13.4. The van der Waals surface area contributed by atoms with Crippen molar-refractivity contribution in [3.8, 4) is 0 Å². The second-order valence-corrected chi connectivity index (χ2v) is 6.89. The fourth-order valence-electron chi connectivity index (χ4n) is 2.19. The number of hydrogen-bond donors (Lipinski definition) is 2. The van der Waals surface area contributed by atoms with Gasteiger partial charge < -0.3 is 5.32 Å². The van der Waals surface area contributed by atoms with Gasteiger partial charge in [-0.1, -0.05) is 13.3 Å². The van der Waals surface area contributed by atoms with E-state index in [4.69, 9.17) is 0 Å². The second kappa shape index (κ2) is 8.09. The molecule has 0 spiro atoms. The molecule has 1 fully saturated rings. The quantitative estimate of drug-likeness (QED) is 0.630. The molecule has 1 aliphatic rings. The Labute approximate surface area is 111 Å². The van der Waals surface area contributed by atoms with Crippen LogP contribution in [0.1, 0.15) is 33.1 Å². The normalized spacial score (nSPS) is 19.9. The van der Waals surface area contributed by atoms with Gasteiger partial charge in [0.2, 0.25) is 10.0 Å². The minimum absolute atomic E-state index is 0.160. The summed E-state index contributed by atoms with van der Waals surface area (Å²) in [4.78, 5) is 2.37. The number of likely N-dealkylation sites (tertiary alicyclic amines) is 1. The first kappa shape index (κ1) is 15.9.